The molecule has 20 heavy (non-hydrogen) atoms. The third kappa shape index (κ3) is 2.00. The van der Waals surface area contributed by atoms with Gasteiger partial charge in [-0.15, -0.1) is 11.3 Å². The number of aromatic nitrogens is 4. The number of methoxy groups -OCH3 is 2. The van der Waals surface area contributed by atoms with E-state index in [1.54, 1.807) is 36.0 Å². The number of imidazole rings is 1. The van der Waals surface area contributed by atoms with Crippen LogP contribution in [-0.2, 0) is 0 Å². The van der Waals surface area contributed by atoms with Crippen LogP contribution in [0.25, 0.3) is 17.2 Å². The lowest BCUT2D eigenvalue weighted by atomic mass is 10.3. The highest BCUT2D eigenvalue weighted by Crippen LogP contribution is 2.28. The van der Waals surface area contributed by atoms with E-state index in [9.17, 15) is 0 Å². The van der Waals surface area contributed by atoms with E-state index < -0.39 is 0 Å². The minimum Gasteiger partial charge on any atom is -0.482 e. The zero-order valence-corrected chi connectivity index (χ0v) is 12.5. The summed E-state index contributed by atoms with van der Waals surface area (Å²) in [6.45, 7) is 4.02. The maximum atomic E-state index is 5.34. The Bertz CT molecular complexity index is 778. The molecular formula is C13H14N4O2S. The molecule has 0 spiro atoms. The summed E-state index contributed by atoms with van der Waals surface area (Å²) in [5.41, 5.74) is 1.67. The van der Waals surface area contributed by atoms with E-state index in [0.717, 1.165) is 21.3 Å². The Balaban J connectivity index is 2.22. The molecule has 0 saturated carbocycles. The van der Waals surface area contributed by atoms with E-state index in [0.29, 0.717) is 17.5 Å². The molecule has 3 rings (SSSR count). The van der Waals surface area contributed by atoms with E-state index in [4.69, 9.17) is 9.47 Å². The van der Waals surface area contributed by atoms with Crippen LogP contribution in [0.5, 0.6) is 11.8 Å². The van der Waals surface area contributed by atoms with Crippen molar-refractivity contribution in [1.82, 2.24) is 19.4 Å². The van der Waals surface area contributed by atoms with Gasteiger partial charge in [0.05, 0.1) is 25.3 Å². The summed E-state index contributed by atoms with van der Waals surface area (Å²) in [6.07, 6.45) is 1.88. The van der Waals surface area contributed by atoms with Crippen molar-refractivity contribution < 1.29 is 9.47 Å². The first-order valence-corrected chi connectivity index (χ1v) is 6.86. The van der Waals surface area contributed by atoms with Gasteiger partial charge in [-0.3, -0.25) is 4.40 Å². The maximum Gasteiger partial charge on any atom is 0.240 e. The molecule has 0 atom stereocenters. The van der Waals surface area contributed by atoms with Crippen LogP contribution in [0.3, 0.4) is 0 Å². The monoisotopic (exact) mass is 290 g/mol. The van der Waals surface area contributed by atoms with Gasteiger partial charge in [-0.25, -0.2) is 9.97 Å². The summed E-state index contributed by atoms with van der Waals surface area (Å²) in [7, 11) is 3.17. The zero-order valence-electron chi connectivity index (χ0n) is 11.7. The Morgan fingerprint density at radius 2 is 1.90 bits per heavy atom. The Morgan fingerprint density at radius 3 is 2.50 bits per heavy atom. The molecule has 0 saturated heterocycles. The average Bonchev–Trinajstić information content (AvgIpc) is 2.99. The van der Waals surface area contributed by atoms with Gasteiger partial charge in [-0.2, -0.15) is 4.98 Å². The van der Waals surface area contributed by atoms with Crippen molar-refractivity contribution in [3.8, 4) is 23.1 Å². The molecule has 0 aliphatic heterocycles. The van der Waals surface area contributed by atoms with E-state index in [1.165, 1.54) is 0 Å². The molecule has 0 N–H and O–H groups in total. The average molecular weight is 290 g/mol. The van der Waals surface area contributed by atoms with Crippen LogP contribution in [0.2, 0.25) is 0 Å². The van der Waals surface area contributed by atoms with Crippen molar-refractivity contribution in [3.63, 3.8) is 0 Å². The van der Waals surface area contributed by atoms with Crippen LogP contribution >= 0.6 is 11.3 Å². The van der Waals surface area contributed by atoms with Gasteiger partial charge in [0.1, 0.15) is 11.4 Å². The molecular weight excluding hydrogens is 276 g/mol. The zero-order chi connectivity index (χ0) is 14.3. The van der Waals surface area contributed by atoms with E-state index in [2.05, 4.69) is 15.0 Å². The molecule has 0 radical (unpaired) electrons. The largest absolute Gasteiger partial charge is 0.482 e. The molecule has 0 amide bonds. The molecule has 0 bridgehead atoms. The van der Waals surface area contributed by atoms with E-state index in [1.807, 2.05) is 20.0 Å². The second kappa shape index (κ2) is 4.75. The molecule has 6 nitrogen and oxygen atoms in total. The Morgan fingerprint density at radius 1 is 1.10 bits per heavy atom. The van der Waals surface area contributed by atoms with Crippen LogP contribution in [0, 0.1) is 13.8 Å². The van der Waals surface area contributed by atoms with Crippen LogP contribution in [0.1, 0.15) is 9.88 Å². The first-order valence-electron chi connectivity index (χ1n) is 6.05. The summed E-state index contributed by atoms with van der Waals surface area (Å²) in [6, 6.07) is 1.72. The van der Waals surface area contributed by atoms with Gasteiger partial charge < -0.3 is 9.47 Å². The number of aryl methyl sites for hydroxylation is 2. The molecule has 104 valence electrons. The number of fused-ring (bicyclic) bond motifs is 1. The smallest absolute Gasteiger partial charge is 0.240 e. The number of nitrogens with zero attached hydrogens (tertiary/aromatic N) is 4. The summed E-state index contributed by atoms with van der Waals surface area (Å²) >= 11 is 1.65. The van der Waals surface area contributed by atoms with Crippen LogP contribution < -0.4 is 9.47 Å². The lowest BCUT2D eigenvalue weighted by molar-refractivity contribution is 0.369. The molecule has 0 aromatic carbocycles. The number of ether oxygens (including phenoxy) is 2. The predicted octanol–water partition coefficient (Wildman–Crippen LogP) is 2.49. The summed E-state index contributed by atoms with van der Waals surface area (Å²) in [5, 5.41) is 1.02. The fourth-order valence-corrected chi connectivity index (χ4v) is 2.89. The molecule has 0 aliphatic carbocycles. The van der Waals surface area contributed by atoms with Gasteiger partial charge >= 0.3 is 0 Å². The predicted molar refractivity (Wildman–Crippen MR) is 76.7 cm³/mol. The SMILES string of the molecule is COc1cc(OC)n2cc(-c3nc(C)sc3C)nc2n1. The van der Waals surface area contributed by atoms with Gasteiger partial charge in [-0.05, 0) is 13.8 Å². The summed E-state index contributed by atoms with van der Waals surface area (Å²) in [4.78, 5) is 14.5. The van der Waals surface area contributed by atoms with Gasteiger partial charge in [0.2, 0.25) is 17.5 Å². The highest BCUT2D eigenvalue weighted by atomic mass is 32.1. The van der Waals surface area contributed by atoms with E-state index in [-0.39, 0.29) is 0 Å². The molecule has 0 aliphatic rings. The highest BCUT2D eigenvalue weighted by Gasteiger charge is 2.15. The van der Waals surface area contributed by atoms with Gasteiger partial charge in [0, 0.05) is 11.1 Å². The molecule has 3 heterocycles. The van der Waals surface area contributed by atoms with Crippen molar-refractivity contribution in [1.29, 1.82) is 0 Å². The normalized spacial score (nSPS) is 11.0. The molecule has 7 heteroatoms. The van der Waals surface area contributed by atoms with Crippen molar-refractivity contribution >= 4 is 17.1 Å². The fourth-order valence-electron chi connectivity index (χ4n) is 2.06. The number of hydrogen-bond donors (Lipinski definition) is 0. The second-order valence-electron chi connectivity index (χ2n) is 4.27. The van der Waals surface area contributed by atoms with Crippen LogP contribution in [0.4, 0.5) is 0 Å². The number of thiazole rings is 1. The minimum atomic E-state index is 0.470. The number of rotatable bonds is 3. The topological polar surface area (TPSA) is 61.5 Å². The fraction of sp³-hybridized carbons (Fsp3) is 0.308. The summed E-state index contributed by atoms with van der Waals surface area (Å²) in [5.74, 6) is 1.62. The van der Waals surface area contributed by atoms with Crippen molar-refractivity contribution in [3.05, 3.63) is 22.1 Å². The van der Waals surface area contributed by atoms with Crippen LogP contribution in [-0.4, -0.2) is 33.6 Å². The van der Waals surface area contributed by atoms with Crippen molar-refractivity contribution in [2.24, 2.45) is 0 Å². The molecule has 3 aromatic heterocycles. The third-order valence-electron chi connectivity index (χ3n) is 2.95. The van der Waals surface area contributed by atoms with Gasteiger partial charge in [-0.1, -0.05) is 0 Å². The Kier molecular flexibility index (Phi) is 3.06. The Hall–Kier alpha value is -2.15. The quantitative estimate of drug-likeness (QED) is 0.741. The maximum absolute atomic E-state index is 5.34. The molecule has 3 aromatic rings. The van der Waals surface area contributed by atoms with Crippen LogP contribution in [0.15, 0.2) is 12.3 Å². The lowest BCUT2D eigenvalue weighted by Gasteiger charge is -2.04. The van der Waals surface area contributed by atoms with Crippen molar-refractivity contribution in [2.75, 3.05) is 14.2 Å². The Labute approximate surface area is 120 Å². The minimum absolute atomic E-state index is 0.470. The lowest BCUT2D eigenvalue weighted by Crippen LogP contribution is -1.97. The third-order valence-corrected chi connectivity index (χ3v) is 3.83. The first-order chi connectivity index (χ1) is 9.62. The highest BCUT2D eigenvalue weighted by molar-refractivity contribution is 7.11. The standard InChI is InChI=1S/C13H14N4O2S/c1-7-12(14-8(2)20-7)9-6-17-11(19-4)5-10(18-3)16-13(17)15-9/h5-6H,1-4H3. The van der Waals surface area contributed by atoms with Gasteiger partial charge in [0.15, 0.2) is 0 Å². The summed E-state index contributed by atoms with van der Waals surface area (Å²) < 4.78 is 12.3. The molecule has 0 fully saturated rings. The van der Waals surface area contributed by atoms with Crippen molar-refractivity contribution in [2.45, 2.75) is 13.8 Å². The van der Waals surface area contributed by atoms with E-state index >= 15 is 0 Å². The first kappa shape index (κ1) is 12.9. The second-order valence-corrected chi connectivity index (χ2v) is 5.68. The number of hydrogen-bond acceptors (Lipinski definition) is 6. The van der Waals surface area contributed by atoms with Gasteiger partial charge in [0.25, 0.3) is 0 Å². The molecule has 0 unspecified atom stereocenters.